The van der Waals surface area contributed by atoms with E-state index in [1.54, 1.807) is 19.1 Å². The number of hydrogen-bond acceptors (Lipinski definition) is 3. The molecule has 2 aromatic carbocycles. The predicted octanol–water partition coefficient (Wildman–Crippen LogP) is 3.51. The van der Waals surface area contributed by atoms with Gasteiger partial charge in [-0.3, -0.25) is 4.79 Å². The molecule has 0 saturated carbocycles. The maximum absolute atomic E-state index is 13.1. The minimum Gasteiger partial charge on any atom is -0.507 e. The van der Waals surface area contributed by atoms with Crippen LogP contribution in [0.5, 0.6) is 5.75 Å². The Kier molecular flexibility index (Phi) is 5.09. The molecule has 1 aliphatic heterocycles. The summed E-state index contributed by atoms with van der Waals surface area (Å²) < 4.78 is 5.88. The average Bonchev–Trinajstić information content (AvgIpc) is 3.01. The number of piperidine rings is 1. The van der Waals surface area contributed by atoms with E-state index in [-0.39, 0.29) is 11.7 Å². The monoisotopic (exact) mass is 379 g/mol. The van der Waals surface area contributed by atoms with Gasteiger partial charge >= 0.3 is 0 Å². The third-order valence-electron chi connectivity index (χ3n) is 5.66. The lowest BCUT2D eigenvalue weighted by atomic mass is 9.98. The second-order valence-corrected chi connectivity index (χ2v) is 7.92. The van der Waals surface area contributed by atoms with Crippen molar-refractivity contribution in [3.8, 4) is 5.75 Å². The summed E-state index contributed by atoms with van der Waals surface area (Å²) in [6.07, 6.45) is 2.45. The SMILES string of the molecule is Cc1oc2ccc(O)c(C[NH+]3CCC[C@@H](C)C3)c2c1C(=O)Nc1ccccc1. The second kappa shape index (κ2) is 7.68. The van der Waals surface area contributed by atoms with E-state index in [9.17, 15) is 9.90 Å². The molecule has 4 rings (SSSR count). The molecular weight excluding hydrogens is 352 g/mol. The van der Waals surface area contributed by atoms with Gasteiger partial charge in [-0.2, -0.15) is 0 Å². The van der Waals surface area contributed by atoms with Gasteiger partial charge in [-0.15, -0.1) is 0 Å². The number of rotatable bonds is 4. The van der Waals surface area contributed by atoms with Crippen LogP contribution in [0, 0.1) is 12.8 Å². The molecule has 2 atom stereocenters. The van der Waals surface area contributed by atoms with Crippen LogP contribution in [0.4, 0.5) is 5.69 Å². The lowest BCUT2D eigenvalue weighted by Gasteiger charge is -2.28. The molecule has 3 N–H and O–H groups in total. The number of likely N-dealkylation sites (tertiary alicyclic amines) is 1. The first-order chi connectivity index (χ1) is 13.5. The highest BCUT2D eigenvalue weighted by Crippen LogP contribution is 2.34. The van der Waals surface area contributed by atoms with Crippen molar-refractivity contribution in [1.82, 2.24) is 0 Å². The van der Waals surface area contributed by atoms with E-state index in [2.05, 4.69) is 12.2 Å². The summed E-state index contributed by atoms with van der Waals surface area (Å²) in [5.41, 5.74) is 2.69. The largest absolute Gasteiger partial charge is 0.507 e. The highest BCUT2D eigenvalue weighted by Gasteiger charge is 2.27. The molecule has 0 spiro atoms. The number of phenolic OH excluding ortho intramolecular Hbond substituents is 1. The van der Waals surface area contributed by atoms with E-state index in [4.69, 9.17) is 4.42 Å². The van der Waals surface area contributed by atoms with Crippen molar-refractivity contribution in [3.63, 3.8) is 0 Å². The smallest absolute Gasteiger partial charge is 0.259 e. The number of fused-ring (bicyclic) bond motifs is 1. The van der Waals surface area contributed by atoms with Crippen molar-refractivity contribution in [2.24, 2.45) is 5.92 Å². The fourth-order valence-electron chi connectivity index (χ4n) is 4.34. The number of aryl methyl sites for hydroxylation is 1. The number of benzene rings is 2. The van der Waals surface area contributed by atoms with Crippen molar-refractivity contribution in [1.29, 1.82) is 0 Å². The number of aromatic hydroxyl groups is 1. The molecule has 5 nitrogen and oxygen atoms in total. The molecule has 3 aromatic rings. The quantitative estimate of drug-likeness (QED) is 0.650. The minimum absolute atomic E-state index is 0.212. The van der Waals surface area contributed by atoms with Crippen LogP contribution in [0.3, 0.4) is 0 Å². The third-order valence-corrected chi connectivity index (χ3v) is 5.66. The van der Waals surface area contributed by atoms with Crippen LogP contribution in [0.15, 0.2) is 46.9 Å². The molecule has 28 heavy (non-hydrogen) atoms. The summed E-state index contributed by atoms with van der Waals surface area (Å²) >= 11 is 0. The summed E-state index contributed by atoms with van der Waals surface area (Å²) in [5, 5.41) is 14.3. The molecule has 1 fully saturated rings. The number of anilines is 1. The Morgan fingerprint density at radius 2 is 2.04 bits per heavy atom. The van der Waals surface area contributed by atoms with Crippen LogP contribution in [0.1, 0.15) is 41.4 Å². The molecule has 0 radical (unpaired) electrons. The van der Waals surface area contributed by atoms with Gasteiger partial charge in [-0.25, -0.2) is 0 Å². The number of amides is 1. The zero-order chi connectivity index (χ0) is 19.7. The van der Waals surface area contributed by atoms with Crippen LogP contribution < -0.4 is 10.2 Å². The molecule has 146 valence electrons. The zero-order valence-electron chi connectivity index (χ0n) is 16.4. The average molecular weight is 379 g/mol. The van der Waals surface area contributed by atoms with Crippen molar-refractivity contribution in [3.05, 3.63) is 59.4 Å². The van der Waals surface area contributed by atoms with Crippen LogP contribution in [0.25, 0.3) is 11.0 Å². The van der Waals surface area contributed by atoms with Gasteiger partial charge in [-0.1, -0.05) is 25.1 Å². The molecule has 1 unspecified atom stereocenters. The van der Waals surface area contributed by atoms with Crippen LogP contribution in [-0.2, 0) is 6.54 Å². The Morgan fingerprint density at radius 3 is 2.79 bits per heavy atom. The third kappa shape index (κ3) is 3.62. The summed E-state index contributed by atoms with van der Waals surface area (Å²) in [5.74, 6) is 1.26. The Labute approximate surface area is 165 Å². The molecular formula is C23H27N2O3+. The molecule has 0 aliphatic carbocycles. The lowest BCUT2D eigenvalue weighted by molar-refractivity contribution is -0.922. The van der Waals surface area contributed by atoms with Crippen LogP contribution >= 0.6 is 0 Å². The number of carbonyl (C=O) groups is 1. The van der Waals surface area contributed by atoms with E-state index in [0.29, 0.717) is 29.4 Å². The number of nitrogens with one attached hydrogen (secondary N) is 2. The fraction of sp³-hybridized carbons (Fsp3) is 0.348. The minimum atomic E-state index is -0.212. The van der Waals surface area contributed by atoms with E-state index in [1.165, 1.54) is 17.7 Å². The maximum Gasteiger partial charge on any atom is 0.259 e. The first kappa shape index (κ1) is 18.6. The zero-order valence-corrected chi connectivity index (χ0v) is 16.4. The van der Waals surface area contributed by atoms with Gasteiger partial charge in [0, 0.05) is 17.0 Å². The van der Waals surface area contributed by atoms with Crippen molar-refractivity contribution < 1.29 is 19.2 Å². The van der Waals surface area contributed by atoms with Gasteiger partial charge in [0.15, 0.2) is 0 Å². The predicted molar refractivity (Wildman–Crippen MR) is 110 cm³/mol. The number of quaternary nitrogens is 1. The summed E-state index contributed by atoms with van der Waals surface area (Å²) in [6, 6.07) is 12.8. The Balaban J connectivity index is 1.73. The second-order valence-electron chi connectivity index (χ2n) is 7.92. The van der Waals surface area contributed by atoms with E-state index < -0.39 is 0 Å². The molecule has 1 amide bonds. The summed E-state index contributed by atoms with van der Waals surface area (Å²) in [6.45, 7) is 6.94. The maximum atomic E-state index is 13.1. The van der Waals surface area contributed by atoms with Gasteiger partial charge in [0.2, 0.25) is 0 Å². The number of hydrogen-bond donors (Lipinski definition) is 3. The van der Waals surface area contributed by atoms with Gasteiger partial charge in [-0.05, 0) is 44.0 Å². The highest BCUT2D eigenvalue weighted by atomic mass is 16.3. The Hall–Kier alpha value is -2.79. The van der Waals surface area contributed by atoms with E-state index in [1.807, 2.05) is 30.3 Å². The molecule has 1 aromatic heterocycles. The van der Waals surface area contributed by atoms with Gasteiger partial charge in [0.1, 0.15) is 23.6 Å². The first-order valence-corrected chi connectivity index (χ1v) is 9.97. The standard InChI is InChI=1S/C23H26N2O3/c1-15-7-6-12-25(13-15)14-18-19(26)10-11-20-22(18)21(16(2)28-20)23(27)24-17-8-4-3-5-9-17/h3-5,8-11,15,26H,6-7,12-14H2,1-2H3,(H,24,27)/p+1/t15-/m1/s1. The molecule has 5 heteroatoms. The normalized spacial score (nSPS) is 19.6. The number of carbonyl (C=O) groups excluding carboxylic acids is 1. The van der Waals surface area contributed by atoms with Gasteiger partial charge in [0.25, 0.3) is 5.91 Å². The Bertz CT molecular complexity index is 994. The van der Waals surface area contributed by atoms with Gasteiger partial charge in [0.05, 0.1) is 24.2 Å². The van der Waals surface area contributed by atoms with E-state index >= 15 is 0 Å². The molecule has 0 bridgehead atoms. The van der Waals surface area contributed by atoms with Crippen molar-refractivity contribution in [2.75, 3.05) is 18.4 Å². The molecule has 1 saturated heterocycles. The van der Waals surface area contributed by atoms with Crippen molar-refractivity contribution >= 4 is 22.6 Å². The highest BCUT2D eigenvalue weighted by molar-refractivity contribution is 6.14. The topological polar surface area (TPSA) is 66.9 Å². The van der Waals surface area contributed by atoms with Crippen LogP contribution in [-0.4, -0.2) is 24.1 Å². The fourth-order valence-corrected chi connectivity index (χ4v) is 4.34. The molecule has 2 heterocycles. The number of furan rings is 1. The van der Waals surface area contributed by atoms with Crippen LogP contribution in [0.2, 0.25) is 0 Å². The van der Waals surface area contributed by atoms with E-state index in [0.717, 1.165) is 29.7 Å². The Morgan fingerprint density at radius 1 is 1.25 bits per heavy atom. The van der Waals surface area contributed by atoms with Crippen molar-refractivity contribution in [2.45, 2.75) is 33.2 Å². The first-order valence-electron chi connectivity index (χ1n) is 9.97. The lowest BCUT2D eigenvalue weighted by Crippen LogP contribution is -3.12. The number of phenols is 1. The molecule has 1 aliphatic rings. The van der Waals surface area contributed by atoms with Gasteiger partial charge < -0.3 is 19.7 Å². The summed E-state index contributed by atoms with van der Waals surface area (Å²) in [4.78, 5) is 14.5. The summed E-state index contributed by atoms with van der Waals surface area (Å²) in [7, 11) is 0. The number of para-hydroxylation sites is 1.